The Morgan fingerprint density at radius 2 is 1.88 bits per heavy atom. The van der Waals surface area contributed by atoms with Gasteiger partial charge in [-0.1, -0.05) is 12.8 Å². The van der Waals surface area contributed by atoms with E-state index in [2.05, 4.69) is 20.2 Å². The van der Waals surface area contributed by atoms with Gasteiger partial charge in [-0.05, 0) is 31.7 Å². The van der Waals surface area contributed by atoms with Gasteiger partial charge in [-0.15, -0.1) is 0 Å². The zero-order chi connectivity index (χ0) is 17.7. The highest BCUT2D eigenvalue weighted by atomic mass is 32.2. The van der Waals surface area contributed by atoms with Gasteiger partial charge in [0, 0.05) is 37.9 Å². The number of sulfone groups is 1. The first-order chi connectivity index (χ1) is 12.0. The van der Waals surface area contributed by atoms with E-state index in [1.54, 1.807) is 18.5 Å². The Morgan fingerprint density at radius 1 is 1.16 bits per heavy atom. The Bertz CT molecular complexity index is 674. The molecule has 1 saturated heterocycles. The van der Waals surface area contributed by atoms with Crippen molar-refractivity contribution < 1.29 is 13.2 Å². The summed E-state index contributed by atoms with van der Waals surface area (Å²) < 4.78 is 24.5. The van der Waals surface area contributed by atoms with Crippen LogP contribution in [0.2, 0.25) is 0 Å². The summed E-state index contributed by atoms with van der Waals surface area (Å²) in [6.45, 7) is 1.53. The van der Waals surface area contributed by atoms with E-state index in [0.717, 1.165) is 45.1 Å². The summed E-state index contributed by atoms with van der Waals surface area (Å²) in [5.41, 5.74) is 0. The maximum Gasteiger partial charge on any atom is 0.225 e. The molecule has 25 heavy (non-hydrogen) atoms. The number of nitrogens with zero attached hydrogens (tertiary/aromatic N) is 3. The first-order valence-corrected chi connectivity index (χ1v) is 10.8. The number of anilines is 1. The number of amides is 1. The van der Waals surface area contributed by atoms with Crippen LogP contribution < -0.4 is 10.2 Å². The molecule has 1 aromatic rings. The van der Waals surface area contributed by atoms with Gasteiger partial charge in [-0.2, -0.15) is 0 Å². The van der Waals surface area contributed by atoms with Crippen molar-refractivity contribution in [1.29, 1.82) is 0 Å². The molecule has 0 bridgehead atoms. The van der Waals surface area contributed by atoms with E-state index in [-0.39, 0.29) is 29.4 Å². The second kappa shape index (κ2) is 8.12. The molecule has 1 N–H and O–H groups in total. The summed E-state index contributed by atoms with van der Waals surface area (Å²) in [6, 6.07) is 1.79. The standard InChI is InChI=1S/C17H26N4O3S/c22-16(8-12-25(23,24)15-6-1-2-7-15)20-14-5-3-11-21(13-14)17-18-9-4-10-19-17/h4,9-10,14-15H,1-3,5-8,11-13H2,(H,20,22)/t14-/m1/s1. The summed E-state index contributed by atoms with van der Waals surface area (Å²) in [5.74, 6) is 0.453. The molecule has 2 aliphatic rings. The lowest BCUT2D eigenvalue weighted by Crippen LogP contribution is -2.48. The lowest BCUT2D eigenvalue weighted by molar-refractivity contribution is -0.121. The van der Waals surface area contributed by atoms with Crippen molar-refractivity contribution in [3.8, 4) is 0 Å². The highest BCUT2D eigenvalue weighted by Gasteiger charge is 2.29. The molecule has 0 aromatic carbocycles. The molecule has 138 valence electrons. The normalized spacial score (nSPS) is 22.1. The molecule has 2 fully saturated rings. The van der Waals surface area contributed by atoms with Crippen LogP contribution in [0.5, 0.6) is 0 Å². The topological polar surface area (TPSA) is 92.3 Å². The molecule has 3 rings (SSSR count). The third-order valence-electron chi connectivity index (χ3n) is 5.05. The molecule has 2 heterocycles. The van der Waals surface area contributed by atoms with Crippen molar-refractivity contribution in [3.05, 3.63) is 18.5 Å². The monoisotopic (exact) mass is 366 g/mol. The molecule has 0 unspecified atom stereocenters. The van der Waals surface area contributed by atoms with E-state index in [4.69, 9.17) is 0 Å². The third-order valence-corrected chi connectivity index (χ3v) is 7.31. The fourth-order valence-corrected chi connectivity index (χ4v) is 5.53. The lowest BCUT2D eigenvalue weighted by Gasteiger charge is -2.33. The van der Waals surface area contributed by atoms with Crippen LogP contribution in [0.4, 0.5) is 5.95 Å². The highest BCUT2D eigenvalue weighted by Crippen LogP contribution is 2.25. The third kappa shape index (κ3) is 4.90. The summed E-state index contributed by atoms with van der Waals surface area (Å²) in [6.07, 6.45) is 8.77. The second-order valence-corrected chi connectivity index (χ2v) is 9.33. The largest absolute Gasteiger partial charge is 0.352 e. The van der Waals surface area contributed by atoms with Crippen molar-refractivity contribution in [1.82, 2.24) is 15.3 Å². The predicted octanol–water partition coefficient (Wildman–Crippen LogP) is 1.31. The fourth-order valence-electron chi connectivity index (χ4n) is 3.68. The Morgan fingerprint density at radius 3 is 2.60 bits per heavy atom. The van der Waals surface area contributed by atoms with E-state index in [1.165, 1.54) is 0 Å². The molecule has 1 amide bonds. The molecule has 1 atom stereocenters. The maximum atomic E-state index is 12.3. The van der Waals surface area contributed by atoms with Crippen molar-refractivity contribution >= 4 is 21.7 Å². The van der Waals surface area contributed by atoms with Gasteiger partial charge >= 0.3 is 0 Å². The number of carbonyl (C=O) groups excluding carboxylic acids is 1. The van der Waals surface area contributed by atoms with Crippen LogP contribution in [-0.4, -0.2) is 54.4 Å². The number of aromatic nitrogens is 2. The molecular weight excluding hydrogens is 340 g/mol. The Kier molecular flexibility index (Phi) is 5.88. The average molecular weight is 366 g/mol. The van der Waals surface area contributed by atoms with E-state index in [0.29, 0.717) is 12.5 Å². The lowest BCUT2D eigenvalue weighted by atomic mass is 10.1. The van der Waals surface area contributed by atoms with Gasteiger partial charge < -0.3 is 10.2 Å². The molecule has 1 aliphatic carbocycles. The minimum Gasteiger partial charge on any atom is -0.352 e. The number of hydrogen-bond donors (Lipinski definition) is 1. The minimum absolute atomic E-state index is 0.0132. The van der Waals surface area contributed by atoms with Crippen LogP contribution in [0.15, 0.2) is 18.5 Å². The summed E-state index contributed by atoms with van der Waals surface area (Å²) >= 11 is 0. The first-order valence-electron chi connectivity index (χ1n) is 9.07. The quantitative estimate of drug-likeness (QED) is 0.816. The SMILES string of the molecule is O=C(CCS(=O)(=O)C1CCCC1)N[C@@H]1CCCN(c2ncccn2)C1. The van der Waals surface area contributed by atoms with Gasteiger partial charge in [-0.25, -0.2) is 18.4 Å². The zero-order valence-electron chi connectivity index (χ0n) is 14.4. The van der Waals surface area contributed by atoms with Crippen LogP contribution in [0.1, 0.15) is 44.9 Å². The Balaban J connectivity index is 1.47. The van der Waals surface area contributed by atoms with E-state index < -0.39 is 9.84 Å². The summed E-state index contributed by atoms with van der Waals surface area (Å²) in [7, 11) is -3.14. The van der Waals surface area contributed by atoms with Gasteiger partial charge in [0.15, 0.2) is 9.84 Å². The van der Waals surface area contributed by atoms with E-state index in [9.17, 15) is 13.2 Å². The van der Waals surface area contributed by atoms with E-state index >= 15 is 0 Å². The molecule has 1 saturated carbocycles. The molecule has 7 nitrogen and oxygen atoms in total. The van der Waals surface area contributed by atoms with Crippen LogP contribution in [0.25, 0.3) is 0 Å². The average Bonchev–Trinajstić information content (AvgIpc) is 3.17. The van der Waals surface area contributed by atoms with Crippen LogP contribution in [0, 0.1) is 0 Å². The number of nitrogens with one attached hydrogen (secondary N) is 1. The van der Waals surface area contributed by atoms with Crippen molar-refractivity contribution in [2.75, 3.05) is 23.7 Å². The smallest absolute Gasteiger partial charge is 0.225 e. The van der Waals surface area contributed by atoms with Crippen molar-refractivity contribution in [2.24, 2.45) is 0 Å². The molecule has 1 aromatic heterocycles. The number of carbonyl (C=O) groups is 1. The molecule has 1 aliphatic heterocycles. The zero-order valence-corrected chi connectivity index (χ0v) is 15.2. The minimum atomic E-state index is -3.14. The summed E-state index contributed by atoms with van der Waals surface area (Å²) in [5, 5.41) is 2.75. The van der Waals surface area contributed by atoms with Gasteiger partial charge in [-0.3, -0.25) is 4.79 Å². The maximum absolute atomic E-state index is 12.3. The van der Waals surface area contributed by atoms with Gasteiger partial charge in [0.25, 0.3) is 0 Å². The van der Waals surface area contributed by atoms with Crippen LogP contribution in [0.3, 0.4) is 0 Å². The summed E-state index contributed by atoms with van der Waals surface area (Å²) in [4.78, 5) is 22.8. The number of hydrogen-bond acceptors (Lipinski definition) is 6. The molecule has 0 radical (unpaired) electrons. The van der Waals surface area contributed by atoms with Crippen LogP contribution >= 0.6 is 0 Å². The predicted molar refractivity (Wildman–Crippen MR) is 96.1 cm³/mol. The van der Waals surface area contributed by atoms with Crippen molar-refractivity contribution in [3.63, 3.8) is 0 Å². The van der Waals surface area contributed by atoms with Crippen LogP contribution in [-0.2, 0) is 14.6 Å². The highest BCUT2D eigenvalue weighted by molar-refractivity contribution is 7.92. The molecule has 0 spiro atoms. The van der Waals surface area contributed by atoms with Gasteiger partial charge in [0.1, 0.15) is 0 Å². The second-order valence-electron chi connectivity index (χ2n) is 6.92. The van der Waals surface area contributed by atoms with E-state index in [1.807, 2.05) is 0 Å². The number of piperidine rings is 1. The molecular formula is C17H26N4O3S. The number of rotatable bonds is 6. The first kappa shape index (κ1) is 18.1. The van der Waals surface area contributed by atoms with Crippen molar-refractivity contribution in [2.45, 2.75) is 56.2 Å². The van der Waals surface area contributed by atoms with Gasteiger partial charge in [0.05, 0.1) is 11.0 Å². The Labute approximate surface area is 149 Å². The fraction of sp³-hybridized carbons (Fsp3) is 0.706. The Hall–Kier alpha value is -1.70. The molecule has 8 heteroatoms. The van der Waals surface area contributed by atoms with Gasteiger partial charge in [0.2, 0.25) is 11.9 Å².